The summed E-state index contributed by atoms with van der Waals surface area (Å²) in [4.78, 5) is 13.9. The standard InChI is InChI=1S/C19H33FN4O3S/c1-18(2)14(12-23-7-4-8-28(23,26)27)5-6-19(18,3)22-11-17(25)24-13-15(20)9-16(24)10-21/h14-16,22,26-27H,4-9,11-13H2,1-3H3. The molecule has 9 heteroatoms. The van der Waals surface area contributed by atoms with Crippen molar-refractivity contribution >= 4 is 16.7 Å². The fourth-order valence-corrected chi connectivity index (χ4v) is 6.57. The van der Waals surface area contributed by atoms with Crippen molar-refractivity contribution in [2.75, 3.05) is 31.9 Å². The second-order valence-corrected chi connectivity index (χ2v) is 11.4. The van der Waals surface area contributed by atoms with Crippen LogP contribution in [-0.2, 0) is 4.79 Å². The minimum absolute atomic E-state index is 0.00566. The molecule has 0 bridgehead atoms. The van der Waals surface area contributed by atoms with E-state index in [0.717, 1.165) is 19.3 Å². The number of nitriles is 1. The van der Waals surface area contributed by atoms with Crippen LogP contribution in [0.4, 0.5) is 4.39 Å². The van der Waals surface area contributed by atoms with Crippen LogP contribution in [0.2, 0.25) is 0 Å². The first-order chi connectivity index (χ1) is 13.0. The van der Waals surface area contributed by atoms with Crippen molar-refractivity contribution in [1.29, 1.82) is 5.26 Å². The summed E-state index contributed by atoms with van der Waals surface area (Å²) in [6, 6.07) is 1.34. The molecular weight excluding hydrogens is 383 g/mol. The molecule has 3 aliphatic rings. The summed E-state index contributed by atoms with van der Waals surface area (Å²) < 4.78 is 35.9. The zero-order valence-corrected chi connectivity index (χ0v) is 17.8. The van der Waals surface area contributed by atoms with Gasteiger partial charge in [0.2, 0.25) is 5.91 Å². The van der Waals surface area contributed by atoms with E-state index in [1.807, 2.05) is 10.4 Å². The highest BCUT2D eigenvalue weighted by atomic mass is 32.3. The Labute approximate surface area is 168 Å². The van der Waals surface area contributed by atoms with Gasteiger partial charge in [-0.3, -0.25) is 13.9 Å². The van der Waals surface area contributed by atoms with E-state index in [4.69, 9.17) is 5.26 Å². The minimum atomic E-state index is -2.63. The topological polar surface area (TPSA) is 99.8 Å². The summed E-state index contributed by atoms with van der Waals surface area (Å²) in [7, 11) is -2.63. The number of nitrogens with one attached hydrogen (secondary N) is 1. The lowest BCUT2D eigenvalue weighted by atomic mass is 9.71. The smallest absolute Gasteiger partial charge is 0.237 e. The lowest BCUT2D eigenvalue weighted by Gasteiger charge is -2.45. The maximum Gasteiger partial charge on any atom is 0.237 e. The molecule has 3 rings (SSSR count). The molecule has 0 aromatic rings. The van der Waals surface area contributed by atoms with Gasteiger partial charge in [0.15, 0.2) is 0 Å². The molecule has 28 heavy (non-hydrogen) atoms. The number of likely N-dealkylation sites (tertiary alicyclic amines) is 1. The van der Waals surface area contributed by atoms with Crippen molar-refractivity contribution in [3.63, 3.8) is 0 Å². The van der Waals surface area contributed by atoms with Gasteiger partial charge in [-0.1, -0.05) is 13.8 Å². The average Bonchev–Trinajstić information content (AvgIpc) is 3.23. The molecular formula is C19H33FN4O3S. The molecule has 1 saturated carbocycles. The van der Waals surface area contributed by atoms with E-state index in [2.05, 4.69) is 26.1 Å². The third kappa shape index (κ3) is 3.90. The summed E-state index contributed by atoms with van der Waals surface area (Å²) in [6.45, 7) is 7.86. The predicted molar refractivity (Wildman–Crippen MR) is 107 cm³/mol. The number of alkyl halides is 1. The monoisotopic (exact) mass is 416 g/mol. The van der Waals surface area contributed by atoms with Gasteiger partial charge in [0.1, 0.15) is 12.2 Å². The molecule has 0 spiro atoms. The maximum absolute atomic E-state index is 13.6. The lowest BCUT2D eigenvalue weighted by Crippen LogP contribution is -2.56. The molecule has 7 nitrogen and oxygen atoms in total. The zero-order chi connectivity index (χ0) is 20.7. The summed E-state index contributed by atoms with van der Waals surface area (Å²) >= 11 is 0. The van der Waals surface area contributed by atoms with Gasteiger partial charge in [-0.15, -0.1) is 10.8 Å². The van der Waals surface area contributed by atoms with Crippen LogP contribution in [0.5, 0.6) is 0 Å². The van der Waals surface area contributed by atoms with Crippen molar-refractivity contribution in [1.82, 2.24) is 14.5 Å². The Balaban J connectivity index is 1.61. The van der Waals surface area contributed by atoms with Gasteiger partial charge in [-0.05, 0) is 37.5 Å². The van der Waals surface area contributed by atoms with Gasteiger partial charge >= 0.3 is 0 Å². The first-order valence-electron chi connectivity index (χ1n) is 10.1. The van der Waals surface area contributed by atoms with Crippen molar-refractivity contribution in [2.45, 2.75) is 64.2 Å². The van der Waals surface area contributed by atoms with Crippen LogP contribution in [0.1, 0.15) is 46.5 Å². The van der Waals surface area contributed by atoms with Gasteiger partial charge in [0, 0.05) is 25.0 Å². The van der Waals surface area contributed by atoms with E-state index in [0.29, 0.717) is 18.8 Å². The van der Waals surface area contributed by atoms with E-state index in [1.165, 1.54) is 4.90 Å². The molecule has 1 aliphatic carbocycles. The third-order valence-corrected chi connectivity index (χ3v) is 9.44. The Bertz CT molecular complexity index is 656. The number of carbonyl (C=O) groups excluding carboxylic acids is 1. The van der Waals surface area contributed by atoms with E-state index in [-0.39, 0.29) is 42.3 Å². The summed E-state index contributed by atoms with van der Waals surface area (Å²) in [6.07, 6.45) is 1.59. The van der Waals surface area contributed by atoms with Crippen LogP contribution >= 0.6 is 10.8 Å². The van der Waals surface area contributed by atoms with Crippen molar-refractivity contribution in [2.24, 2.45) is 11.3 Å². The number of halogens is 1. The van der Waals surface area contributed by atoms with Crippen molar-refractivity contribution in [3.05, 3.63) is 0 Å². The van der Waals surface area contributed by atoms with E-state index >= 15 is 0 Å². The molecule has 3 fully saturated rings. The highest BCUT2D eigenvalue weighted by molar-refractivity contribution is 8.22. The Morgan fingerprint density at radius 2 is 2.11 bits per heavy atom. The molecule has 2 aliphatic heterocycles. The van der Waals surface area contributed by atoms with Crippen molar-refractivity contribution < 1.29 is 18.3 Å². The van der Waals surface area contributed by atoms with Crippen molar-refractivity contribution in [3.8, 4) is 6.07 Å². The molecule has 160 valence electrons. The quantitative estimate of drug-likeness (QED) is 0.637. The van der Waals surface area contributed by atoms with E-state index in [1.54, 1.807) is 0 Å². The zero-order valence-electron chi connectivity index (χ0n) is 17.0. The number of amides is 1. The van der Waals surface area contributed by atoms with Gasteiger partial charge in [-0.2, -0.15) is 5.26 Å². The SMILES string of the molecule is CC1(NCC(=O)N2CC(F)CC2C#N)CCC(CN2CCCS2(O)O)C1(C)C. The van der Waals surface area contributed by atoms with Gasteiger partial charge < -0.3 is 10.2 Å². The Morgan fingerprint density at radius 1 is 1.39 bits per heavy atom. The fourth-order valence-electron chi connectivity index (χ4n) is 4.95. The number of hydrogen-bond acceptors (Lipinski definition) is 6. The highest BCUT2D eigenvalue weighted by Crippen LogP contribution is 2.54. The minimum Gasteiger partial charge on any atom is -0.323 e. The molecule has 4 atom stereocenters. The molecule has 3 N–H and O–H groups in total. The summed E-state index contributed by atoms with van der Waals surface area (Å²) in [5, 5.41) is 12.6. The number of nitrogens with zero attached hydrogens (tertiary/aromatic N) is 3. The number of carbonyl (C=O) groups is 1. The van der Waals surface area contributed by atoms with Crippen LogP contribution in [0.25, 0.3) is 0 Å². The Hall–Kier alpha value is -0.920. The molecule has 1 amide bonds. The second kappa shape index (κ2) is 7.73. The van der Waals surface area contributed by atoms with E-state index in [9.17, 15) is 18.3 Å². The van der Waals surface area contributed by atoms with Crippen LogP contribution in [0.3, 0.4) is 0 Å². The van der Waals surface area contributed by atoms with Crippen LogP contribution in [-0.4, -0.2) is 73.9 Å². The maximum atomic E-state index is 13.6. The normalized spacial score (nSPS) is 38.5. The largest absolute Gasteiger partial charge is 0.323 e. The van der Waals surface area contributed by atoms with Crippen LogP contribution in [0, 0.1) is 22.7 Å². The van der Waals surface area contributed by atoms with Crippen LogP contribution in [0.15, 0.2) is 0 Å². The van der Waals surface area contributed by atoms with Crippen LogP contribution < -0.4 is 5.32 Å². The highest BCUT2D eigenvalue weighted by Gasteiger charge is 2.52. The molecule has 2 saturated heterocycles. The first-order valence-corrected chi connectivity index (χ1v) is 11.8. The van der Waals surface area contributed by atoms with Gasteiger partial charge in [0.25, 0.3) is 0 Å². The summed E-state index contributed by atoms with van der Waals surface area (Å²) in [5.74, 6) is 0.495. The number of rotatable bonds is 5. The first kappa shape index (κ1) is 21.8. The van der Waals surface area contributed by atoms with Gasteiger partial charge in [-0.25, -0.2) is 8.70 Å². The fraction of sp³-hybridized carbons (Fsp3) is 0.895. The molecule has 0 radical (unpaired) electrons. The number of hydrogen-bond donors (Lipinski definition) is 3. The molecule has 4 unspecified atom stereocenters. The average molecular weight is 417 g/mol. The van der Waals surface area contributed by atoms with E-state index < -0.39 is 23.0 Å². The summed E-state index contributed by atoms with van der Waals surface area (Å²) in [5.41, 5.74) is -0.458. The lowest BCUT2D eigenvalue weighted by molar-refractivity contribution is -0.131. The second-order valence-electron chi connectivity index (χ2n) is 9.24. The third-order valence-electron chi connectivity index (χ3n) is 7.45. The molecule has 0 aromatic carbocycles. The Kier molecular flexibility index (Phi) is 6.01. The predicted octanol–water partition coefficient (Wildman–Crippen LogP) is 2.60. The molecule has 0 aromatic heterocycles. The molecule has 2 heterocycles. The Morgan fingerprint density at radius 3 is 2.71 bits per heavy atom. The van der Waals surface area contributed by atoms with Gasteiger partial charge in [0.05, 0.1) is 24.9 Å².